The first-order valence-corrected chi connectivity index (χ1v) is 44.1. The Morgan fingerprint density at radius 3 is 0.860 bits per heavy atom. The molecule has 0 saturated carbocycles. The van der Waals surface area contributed by atoms with E-state index in [2.05, 4.69) is 275 Å². The van der Waals surface area contributed by atoms with Gasteiger partial charge in [0.1, 0.15) is 28.7 Å². The summed E-state index contributed by atoms with van der Waals surface area (Å²) in [5, 5.41) is 62.9. The Kier molecular flexibility index (Phi) is 34.4. The number of aromatic hydroxyl groups is 5. The molecule has 0 aliphatic carbocycles. The zero-order valence-corrected chi connectivity index (χ0v) is 77.8. The van der Waals surface area contributed by atoms with Gasteiger partial charge in [-0.15, -0.1) is 0 Å². The summed E-state index contributed by atoms with van der Waals surface area (Å²) in [4.78, 5) is 23.1. The monoisotopic (exact) mass is 1620 g/mol. The Morgan fingerprint density at radius 2 is 0.518 bits per heavy atom. The van der Waals surface area contributed by atoms with Gasteiger partial charge in [-0.05, 0) is 246 Å². The van der Waals surface area contributed by atoms with Crippen molar-refractivity contribution < 1.29 is 25.5 Å². The highest BCUT2D eigenvalue weighted by molar-refractivity contribution is 7.57. The van der Waals surface area contributed by atoms with Gasteiger partial charge in [0.05, 0.1) is 27.7 Å². The van der Waals surface area contributed by atoms with E-state index in [1.807, 2.05) is 156 Å². The fraction of sp³-hybridized carbons (Fsp3) is 0.343. The lowest BCUT2D eigenvalue weighted by molar-refractivity contribution is 0.450. The Morgan fingerprint density at radius 1 is 0.237 bits per heavy atom. The van der Waals surface area contributed by atoms with Gasteiger partial charge in [0.2, 0.25) is 0 Å². The highest BCUT2D eigenvalue weighted by atomic mass is 31.1. The van der Waals surface area contributed by atoms with E-state index >= 15 is 0 Å². The van der Waals surface area contributed by atoms with Crippen LogP contribution in [0.25, 0.3) is 0 Å². The van der Waals surface area contributed by atoms with Crippen LogP contribution in [0.2, 0.25) is 0 Å². The third-order valence-corrected chi connectivity index (χ3v) is 24.1. The third-order valence-electron chi connectivity index (χ3n) is 17.2. The van der Waals surface area contributed by atoms with Crippen molar-refractivity contribution in [3.8, 4) is 28.7 Å². The molecule has 15 heteroatoms. The molecule has 0 radical (unpaired) electrons. The van der Waals surface area contributed by atoms with Crippen LogP contribution in [0.15, 0.2) is 219 Å². The lowest BCUT2D eigenvalue weighted by Crippen LogP contribution is -2.17. The molecule has 5 N–H and O–H groups in total. The second-order valence-corrected chi connectivity index (χ2v) is 42.7. The molecule has 10 rings (SSSR count). The summed E-state index contributed by atoms with van der Waals surface area (Å²) >= 11 is 0. The number of phenolic OH excluding ortho intramolecular Hbond substituents is 5. The zero-order chi connectivity index (χ0) is 84.9. The topological polar surface area (TPSA) is 163 Å². The highest BCUT2D eigenvalue weighted by Gasteiger charge is 2.23. The molecule has 0 spiro atoms. The number of nitrogens with zero attached hydrogens (tertiary/aromatic N) is 5. The normalized spacial score (nSPS) is 12.9. The number of aryl methyl sites for hydroxylation is 6. The van der Waals surface area contributed by atoms with Gasteiger partial charge in [0.25, 0.3) is 0 Å². The molecule has 0 amide bonds. The molecule has 0 saturated heterocycles. The van der Waals surface area contributed by atoms with Crippen LogP contribution in [-0.4, -0.2) is 84.3 Å². The van der Waals surface area contributed by atoms with Gasteiger partial charge in [-0.1, -0.05) is 254 Å². The number of benzene rings is 10. The predicted octanol–water partition coefficient (Wildman–Crippen LogP) is 20.6. The standard InChI is InChI=1S/2C22H30NOP.C19H24NOP.2C18H22NOP/c1-15-12-17(21(2,3)4)13-19(20(15)24)25-18-11-9-8-10-16(18)14-23-22(5,6)7;1-15-12-17(21(2,3)4)20(24)19(13-15)25-18-11-9-8-10-16(18)14-23-22(5,6)7;1-13-10-14(2)18(21)17(11-13)22-16-9-7-6-8-15(16)12-20-19(3,4)5;1-13-8-7-11-16(17(13)20)21-15-10-6-5-9-14(15)12-19-18(2,3)4;1-13-9-10-15(20)17(11-13)21-16-8-6-5-7-14(16)12-19-18(2,3)4/h2*8-14,24-25H,1-7H3;6-12,21-22H,1-5H3;2*5-12,20-21H,1-4H3. The number of phenols is 5. The molecule has 10 nitrogen and oxygen atoms in total. The van der Waals surface area contributed by atoms with E-state index in [4.69, 9.17) is 0 Å². The second-order valence-electron chi connectivity index (χ2n) is 36.1. The Balaban J connectivity index is 0.000000222. The number of rotatable bonds is 15. The summed E-state index contributed by atoms with van der Waals surface area (Å²) in [6.07, 6.45) is 9.74. The Hall–Kier alpha value is -8.30. The number of aliphatic imine (C=N–C) groups is 5. The van der Waals surface area contributed by atoms with Gasteiger partial charge in [0.15, 0.2) is 0 Å². The van der Waals surface area contributed by atoms with Crippen LogP contribution < -0.4 is 53.0 Å². The van der Waals surface area contributed by atoms with Crippen molar-refractivity contribution in [1.82, 2.24) is 0 Å². The number of para-hydroxylation sites is 1. The fourth-order valence-corrected chi connectivity index (χ4v) is 17.5. The van der Waals surface area contributed by atoms with Crippen molar-refractivity contribution in [2.24, 2.45) is 25.0 Å². The molecule has 5 unspecified atom stereocenters. The summed E-state index contributed by atoms with van der Waals surface area (Å²) < 4.78 is 0. The first-order valence-electron chi connectivity index (χ1n) is 39.1. The summed E-state index contributed by atoms with van der Waals surface area (Å²) in [5.74, 6) is 2.01. The van der Waals surface area contributed by atoms with Crippen molar-refractivity contribution in [2.45, 2.75) is 225 Å². The van der Waals surface area contributed by atoms with Gasteiger partial charge in [-0.2, -0.15) is 0 Å². The first kappa shape index (κ1) is 94.6. The summed E-state index contributed by atoms with van der Waals surface area (Å²) in [6.45, 7) is 56.4. The Labute approximate surface area is 693 Å². The second kappa shape index (κ2) is 41.5. The van der Waals surface area contributed by atoms with E-state index < -0.39 is 0 Å². The van der Waals surface area contributed by atoms with Crippen molar-refractivity contribution in [1.29, 1.82) is 0 Å². The maximum Gasteiger partial charge on any atom is 0.127 e. The molecule has 10 aromatic rings. The minimum Gasteiger partial charge on any atom is -0.507 e. The van der Waals surface area contributed by atoms with Gasteiger partial charge < -0.3 is 25.5 Å². The van der Waals surface area contributed by atoms with Gasteiger partial charge in [-0.3, -0.25) is 25.0 Å². The van der Waals surface area contributed by atoms with Crippen LogP contribution in [0, 0.1) is 41.5 Å². The van der Waals surface area contributed by atoms with E-state index in [-0.39, 0.29) is 38.5 Å². The van der Waals surface area contributed by atoms with Crippen LogP contribution in [0.4, 0.5) is 0 Å². The largest absolute Gasteiger partial charge is 0.507 e. The molecule has 604 valence electrons. The van der Waals surface area contributed by atoms with Gasteiger partial charge in [0, 0.05) is 91.0 Å². The van der Waals surface area contributed by atoms with Crippen LogP contribution in [0.1, 0.15) is 218 Å². The first-order chi connectivity index (χ1) is 52.9. The van der Waals surface area contributed by atoms with Crippen molar-refractivity contribution >= 4 is 127 Å². The van der Waals surface area contributed by atoms with E-state index in [9.17, 15) is 25.5 Å². The summed E-state index contributed by atoms with van der Waals surface area (Å²) in [7, 11) is 2.06. The van der Waals surface area contributed by atoms with Crippen LogP contribution >= 0.6 is 42.9 Å². The molecule has 0 bridgehead atoms. The molecule has 5 atom stereocenters. The Bertz CT molecular complexity index is 4890. The SMILES string of the molecule is Cc1cc(C(C)(C)C)cc(Pc2ccccc2C=NC(C)(C)C)c1O.Cc1cc(C)c(O)c(Pc2ccccc2C=NC(C)(C)C)c1.Cc1cc(Pc2ccccc2C=NC(C)(C)C)c(O)c(C(C)(C)C)c1.Cc1ccc(O)c(Pc2ccccc2C=NC(C)(C)C)c1.Cc1cccc(Pc2ccccc2C=NC(C)(C)C)c1O. The van der Waals surface area contributed by atoms with E-state index in [0.717, 1.165) is 82.2 Å². The molecule has 0 aromatic heterocycles. The van der Waals surface area contributed by atoms with Crippen molar-refractivity contribution in [3.05, 3.63) is 266 Å². The molecular weight excluding hydrogens is 1490 g/mol. The number of hydrogen-bond donors (Lipinski definition) is 5. The average molecular weight is 1620 g/mol. The molecular formula is C99H128N5O5P5. The van der Waals surface area contributed by atoms with Crippen molar-refractivity contribution in [2.75, 3.05) is 0 Å². The van der Waals surface area contributed by atoms with E-state index in [1.165, 1.54) is 43.2 Å². The summed E-state index contributed by atoms with van der Waals surface area (Å²) in [5.41, 5.74) is 13.7. The molecule has 10 aromatic carbocycles. The van der Waals surface area contributed by atoms with E-state index in [0.29, 0.717) is 71.7 Å². The highest BCUT2D eigenvalue weighted by Crippen LogP contribution is 2.35. The lowest BCUT2D eigenvalue weighted by Gasteiger charge is -2.23. The maximum absolute atomic E-state index is 10.8. The fourth-order valence-electron chi connectivity index (χ4n) is 11.0. The van der Waals surface area contributed by atoms with Gasteiger partial charge >= 0.3 is 0 Å². The quantitative estimate of drug-likeness (QED) is 0.0509. The zero-order valence-electron chi connectivity index (χ0n) is 72.8. The van der Waals surface area contributed by atoms with Crippen LogP contribution in [0.3, 0.4) is 0 Å². The number of hydrogen-bond acceptors (Lipinski definition) is 10. The minimum atomic E-state index is -0.0961. The molecule has 114 heavy (non-hydrogen) atoms. The lowest BCUT2D eigenvalue weighted by atomic mass is 9.85. The minimum absolute atomic E-state index is 0.0604. The maximum atomic E-state index is 10.8. The van der Waals surface area contributed by atoms with Gasteiger partial charge in [-0.25, -0.2) is 0 Å². The van der Waals surface area contributed by atoms with Crippen LogP contribution in [-0.2, 0) is 10.8 Å². The van der Waals surface area contributed by atoms with E-state index in [1.54, 1.807) is 6.07 Å². The predicted molar refractivity (Wildman–Crippen MR) is 513 cm³/mol. The average Bonchev–Trinajstić information content (AvgIpc) is 0.806. The molecule has 0 aliphatic rings. The third kappa shape index (κ3) is 32.4. The van der Waals surface area contributed by atoms with Crippen LogP contribution in [0.5, 0.6) is 28.7 Å². The van der Waals surface area contributed by atoms with Crippen molar-refractivity contribution in [3.63, 3.8) is 0 Å². The molecule has 0 heterocycles. The smallest absolute Gasteiger partial charge is 0.127 e. The molecule has 0 aliphatic heterocycles. The molecule has 0 fully saturated rings. The summed E-state index contributed by atoms with van der Waals surface area (Å²) in [6, 6.07) is 65.5.